The van der Waals surface area contributed by atoms with Crippen LogP contribution in [0, 0.1) is 23.2 Å². The zero-order valence-corrected chi connectivity index (χ0v) is 20.5. The van der Waals surface area contributed by atoms with Crippen LogP contribution in [0.3, 0.4) is 0 Å². The van der Waals surface area contributed by atoms with Crippen molar-refractivity contribution >= 4 is 5.97 Å². The van der Waals surface area contributed by atoms with Crippen molar-refractivity contribution in [2.75, 3.05) is 0 Å². The summed E-state index contributed by atoms with van der Waals surface area (Å²) in [5.74, 6) is 2.86. The molecule has 10 atom stereocenters. The number of hydrogen-bond donors (Lipinski definition) is 2. The third-order valence-corrected chi connectivity index (χ3v) is 9.39. The van der Waals surface area contributed by atoms with Crippen molar-refractivity contribution < 1.29 is 29.2 Å². The molecular formula is C28H38O6. The fourth-order valence-corrected chi connectivity index (χ4v) is 7.65. The van der Waals surface area contributed by atoms with Crippen LogP contribution in [0.25, 0.3) is 0 Å². The molecule has 1 aromatic carbocycles. The molecule has 2 N–H and O–H groups in total. The molecule has 0 aromatic heterocycles. The van der Waals surface area contributed by atoms with Crippen molar-refractivity contribution in [1.82, 2.24) is 0 Å². The molecule has 3 unspecified atom stereocenters. The number of hydrogen-bond acceptors (Lipinski definition) is 6. The van der Waals surface area contributed by atoms with Crippen molar-refractivity contribution in [2.45, 2.75) is 95.9 Å². The molecule has 3 aliphatic carbocycles. The molecule has 1 heterocycles. The molecule has 2 saturated carbocycles. The fraction of sp³-hybridized carbons (Fsp3) is 0.679. The van der Waals surface area contributed by atoms with E-state index < -0.39 is 36.7 Å². The smallest absolute Gasteiger partial charge is 0.303 e. The Kier molecular flexibility index (Phi) is 6.28. The van der Waals surface area contributed by atoms with Crippen molar-refractivity contribution in [2.24, 2.45) is 23.2 Å². The second kappa shape index (κ2) is 8.96. The molecule has 1 aromatic rings. The number of aliphatic hydroxyl groups excluding tert-OH is 2. The van der Waals surface area contributed by atoms with E-state index in [1.807, 2.05) is 6.07 Å². The second-order valence-electron chi connectivity index (χ2n) is 11.1. The standard InChI is InChI=1S/C28H38O6/c1-5-18-7-11-23-22-9-6-17-14-19(8-10-20(17)21(22)12-13-28(18,23)4)34-27-25(31)24(30)26(15(2)32-27)33-16(3)29/h5,8,10,14-15,18,21-27,30-31H,1,6-7,9,11-13H2,2-4H3/t15-,18-,21?,22?,23?,24-,25-,26+,27-,28+/m0/s1. The summed E-state index contributed by atoms with van der Waals surface area (Å²) in [7, 11) is 0. The lowest BCUT2D eigenvalue weighted by atomic mass is 9.54. The van der Waals surface area contributed by atoms with Gasteiger partial charge in [-0.15, -0.1) is 6.58 Å². The molecule has 4 aliphatic rings. The minimum atomic E-state index is -1.32. The van der Waals surface area contributed by atoms with E-state index in [1.54, 1.807) is 6.92 Å². The molecule has 6 nitrogen and oxygen atoms in total. The number of benzene rings is 1. The van der Waals surface area contributed by atoms with Gasteiger partial charge in [0.15, 0.2) is 6.10 Å². The monoisotopic (exact) mass is 470 g/mol. The Morgan fingerprint density at radius 3 is 2.74 bits per heavy atom. The molecule has 6 heteroatoms. The van der Waals surface area contributed by atoms with Gasteiger partial charge in [-0.05, 0) is 97.8 Å². The molecule has 3 fully saturated rings. The number of ether oxygens (including phenoxy) is 3. The topological polar surface area (TPSA) is 85.2 Å². The minimum Gasteiger partial charge on any atom is -0.462 e. The number of rotatable bonds is 4. The number of carbonyl (C=O) groups excluding carboxylic acids is 1. The van der Waals surface area contributed by atoms with Crippen molar-refractivity contribution in [3.8, 4) is 5.75 Å². The third kappa shape index (κ3) is 3.88. The highest BCUT2D eigenvalue weighted by Gasteiger charge is 2.54. The summed E-state index contributed by atoms with van der Waals surface area (Å²) in [5.41, 5.74) is 3.16. The Labute approximate surface area is 202 Å². The fourth-order valence-electron chi connectivity index (χ4n) is 7.65. The van der Waals surface area contributed by atoms with Gasteiger partial charge in [0.2, 0.25) is 6.29 Å². The van der Waals surface area contributed by atoms with Gasteiger partial charge in [0.05, 0.1) is 6.10 Å². The van der Waals surface area contributed by atoms with E-state index in [9.17, 15) is 15.0 Å². The van der Waals surface area contributed by atoms with Crippen molar-refractivity contribution in [3.63, 3.8) is 0 Å². The van der Waals surface area contributed by atoms with E-state index >= 15 is 0 Å². The van der Waals surface area contributed by atoms with Gasteiger partial charge in [0.25, 0.3) is 0 Å². The summed E-state index contributed by atoms with van der Waals surface area (Å²) >= 11 is 0. The number of aryl methyl sites for hydroxylation is 1. The highest BCUT2D eigenvalue weighted by molar-refractivity contribution is 5.66. The molecule has 34 heavy (non-hydrogen) atoms. The van der Waals surface area contributed by atoms with Crippen LogP contribution in [0.5, 0.6) is 5.75 Å². The molecule has 5 rings (SSSR count). The van der Waals surface area contributed by atoms with E-state index in [0.717, 1.165) is 18.3 Å². The minimum absolute atomic E-state index is 0.402. The van der Waals surface area contributed by atoms with Crippen LogP contribution in [0.15, 0.2) is 30.9 Å². The highest BCUT2D eigenvalue weighted by Crippen LogP contribution is 2.63. The van der Waals surface area contributed by atoms with Crippen molar-refractivity contribution in [3.05, 3.63) is 42.0 Å². The van der Waals surface area contributed by atoms with E-state index in [2.05, 4.69) is 31.7 Å². The lowest BCUT2D eigenvalue weighted by Gasteiger charge is -2.50. The quantitative estimate of drug-likeness (QED) is 0.509. The third-order valence-electron chi connectivity index (χ3n) is 9.39. The van der Waals surface area contributed by atoms with Gasteiger partial charge in [-0.1, -0.05) is 19.1 Å². The Hall–Kier alpha value is -1.89. The summed E-state index contributed by atoms with van der Waals surface area (Å²) in [5, 5.41) is 21.0. The van der Waals surface area contributed by atoms with Crippen LogP contribution in [-0.4, -0.2) is 46.9 Å². The number of aliphatic hydroxyl groups is 2. The van der Waals surface area contributed by atoms with Gasteiger partial charge < -0.3 is 24.4 Å². The van der Waals surface area contributed by atoms with Gasteiger partial charge in [-0.2, -0.15) is 0 Å². The van der Waals surface area contributed by atoms with Gasteiger partial charge >= 0.3 is 5.97 Å². The first-order valence-electron chi connectivity index (χ1n) is 12.8. The largest absolute Gasteiger partial charge is 0.462 e. The molecule has 1 aliphatic heterocycles. The SMILES string of the molecule is C=C[C@H]1CCC2C3CCc4cc(O[C@@H]5O[C@@H](C)[C@@H](OC(C)=O)[C@@H](O)[C@@H]5O)ccc4C3CC[C@@]21C. The van der Waals surface area contributed by atoms with Gasteiger partial charge in [-0.25, -0.2) is 0 Å². The van der Waals surface area contributed by atoms with Crippen LogP contribution < -0.4 is 4.74 Å². The maximum atomic E-state index is 11.3. The molecular weight excluding hydrogens is 432 g/mol. The summed E-state index contributed by atoms with van der Waals surface area (Å²) in [6.45, 7) is 9.59. The maximum absolute atomic E-state index is 11.3. The molecule has 0 spiro atoms. The van der Waals surface area contributed by atoms with Crippen LogP contribution in [0.2, 0.25) is 0 Å². The van der Waals surface area contributed by atoms with Crippen molar-refractivity contribution in [1.29, 1.82) is 0 Å². The summed E-state index contributed by atoms with van der Waals surface area (Å²) < 4.78 is 16.9. The van der Waals surface area contributed by atoms with E-state index in [0.29, 0.717) is 23.0 Å². The Morgan fingerprint density at radius 1 is 1.21 bits per heavy atom. The lowest BCUT2D eigenvalue weighted by molar-refractivity contribution is -0.272. The summed E-state index contributed by atoms with van der Waals surface area (Å²) in [6, 6.07) is 6.23. The molecule has 186 valence electrons. The van der Waals surface area contributed by atoms with Gasteiger partial charge in [0, 0.05) is 6.92 Å². The van der Waals surface area contributed by atoms with Crippen LogP contribution in [-0.2, 0) is 20.7 Å². The zero-order valence-electron chi connectivity index (χ0n) is 20.5. The van der Waals surface area contributed by atoms with Gasteiger partial charge in [0.1, 0.15) is 18.0 Å². The second-order valence-corrected chi connectivity index (χ2v) is 11.1. The van der Waals surface area contributed by atoms with Gasteiger partial charge in [-0.3, -0.25) is 4.79 Å². The number of fused-ring (bicyclic) bond motifs is 5. The predicted molar refractivity (Wildman–Crippen MR) is 127 cm³/mol. The predicted octanol–water partition coefficient (Wildman–Crippen LogP) is 4.12. The molecule has 0 bridgehead atoms. The Balaban J connectivity index is 1.30. The Bertz CT molecular complexity index is 945. The molecule has 0 amide bonds. The Morgan fingerprint density at radius 2 is 2.00 bits per heavy atom. The molecule has 0 radical (unpaired) electrons. The van der Waals surface area contributed by atoms with E-state index in [1.165, 1.54) is 50.2 Å². The van der Waals surface area contributed by atoms with Crippen LogP contribution >= 0.6 is 0 Å². The van der Waals surface area contributed by atoms with Crippen LogP contribution in [0.1, 0.15) is 69.9 Å². The normalized spacial score (nSPS) is 43.3. The number of esters is 1. The summed E-state index contributed by atoms with van der Waals surface area (Å²) in [4.78, 5) is 11.3. The molecule has 1 saturated heterocycles. The number of carbonyl (C=O) groups is 1. The highest BCUT2D eigenvalue weighted by atomic mass is 16.7. The van der Waals surface area contributed by atoms with Crippen LogP contribution in [0.4, 0.5) is 0 Å². The first-order chi connectivity index (χ1) is 16.2. The summed E-state index contributed by atoms with van der Waals surface area (Å²) in [6.07, 6.45) is 4.34. The average molecular weight is 471 g/mol. The maximum Gasteiger partial charge on any atom is 0.303 e. The van der Waals surface area contributed by atoms with E-state index in [4.69, 9.17) is 14.2 Å². The first-order valence-corrected chi connectivity index (χ1v) is 12.8. The van der Waals surface area contributed by atoms with E-state index in [-0.39, 0.29) is 0 Å². The zero-order chi connectivity index (χ0) is 24.2. The lowest BCUT2D eigenvalue weighted by Crippen LogP contribution is -2.59. The average Bonchev–Trinajstić information content (AvgIpc) is 3.16. The first kappa shape index (κ1) is 23.8. The number of allylic oxidation sites excluding steroid dienone is 1.